The number of nitriles is 1. The summed E-state index contributed by atoms with van der Waals surface area (Å²) in [4.78, 5) is 5.60. The summed E-state index contributed by atoms with van der Waals surface area (Å²) in [6, 6.07) is 13.7. The highest BCUT2D eigenvalue weighted by Crippen LogP contribution is 2.28. The van der Waals surface area contributed by atoms with Gasteiger partial charge in [-0.2, -0.15) is 5.26 Å². The summed E-state index contributed by atoms with van der Waals surface area (Å²) in [7, 11) is 0. The highest BCUT2D eigenvalue weighted by atomic mass is 35.5. The van der Waals surface area contributed by atoms with Crippen LogP contribution in [0.2, 0.25) is 5.02 Å². The summed E-state index contributed by atoms with van der Waals surface area (Å²) in [5.74, 6) is 0. The van der Waals surface area contributed by atoms with Crippen molar-refractivity contribution in [1.29, 1.82) is 5.26 Å². The summed E-state index contributed by atoms with van der Waals surface area (Å²) >= 11 is 8.96. The highest BCUT2D eigenvalue weighted by molar-refractivity contribution is 7.12. The minimum absolute atomic E-state index is 0.586. The van der Waals surface area contributed by atoms with Crippen molar-refractivity contribution < 1.29 is 0 Å². The van der Waals surface area contributed by atoms with Crippen molar-refractivity contribution >= 4 is 45.9 Å². The van der Waals surface area contributed by atoms with Crippen LogP contribution in [0.25, 0.3) is 22.9 Å². The molecule has 3 aromatic rings. The Morgan fingerprint density at radius 2 is 2.00 bits per heavy atom. The summed E-state index contributed by atoms with van der Waals surface area (Å²) in [5, 5.41) is 14.7. The van der Waals surface area contributed by atoms with Crippen molar-refractivity contribution in [3.8, 4) is 17.3 Å². The van der Waals surface area contributed by atoms with E-state index in [0.717, 1.165) is 21.1 Å². The molecule has 0 radical (unpaired) electrons. The molecule has 2 heterocycles. The van der Waals surface area contributed by atoms with Gasteiger partial charge in [0.1, 0.15) is 11.1 Å². The van der Waals surface area contributed by atoms with E-state index in [-0.39, 0.29) is 0 Å². The molecule has 0 N–H and O–H groups in total. The fraction of sp³-hybridized carbons (Fsp3) is 0. The average Bonchev–Trinajstić information content (AvgIpc) is 3.17. The lowest BCUT2D eigenvalue weighted by atomic mass is 10.2. The molecule has 5 heteroatoms. The summed E-state index contributed by atoms with van der Waals surface area (Å²) in [5.41, 5.74) is 2.44. The van der Waals surface area contributed by atoms with Gasteiger partial charge in [0, 0.05) is 20.8 Å². The van der Waals surface area contributed by atoms with Gasteiger partial charge in [-0.05, 0) is 29.7 Å². The van der Waals surface area contributed by atoms with Crippen LogP contribution in [-0.2, 0) is 0 Å². The zero-order valence-electron chi connectivity index (χ0n) is 10.8. The molecular formula is C16H9ClN2S2. The van der Waals surface area contributed by atoms with Crippen LogP contribution in [0.3, 0.4) is 0 Å². The van der Waals surface area contributed by atoms with Gasteiger partial charge in [0.05, 0.1) is 11.3 Å². The molecule has 0 atom stereocenters. The number of hydrogen-bond acceptors (Lipinski definition) is 4. The number of allylic oxidation sites excluding steroid dienone is 1. The van der Waals surface area contributed by atoms with E-state index in [1.54, 1.807) is 11.3 Å². The molecule has 21 heavy (non-hydrogen) atoms. The number of aromatic nitrogens is 1. The van der Waals surface area contributed by atoms with Gasteiger partial charge in [0.15, 0.2) is 0 Å². The second-order valence-corrected chi connectivity index (χ2v) is 6.50. The first kappa shape index (κ1) is 14.0. The SMILES string of the molecule is N#C/C(=C\c1cccs1)c1nc(-c2ccc(Cl)cc2)cs1. The maximum atomic E-state index is 9.33. The van der Waals surface area contributed by atoms with Crippen molar-refractivity contribution in [2.45, 2.75) is 0 Å². The van der Waals surface area contributed by atoms with Gasteiger partial charge in [0.2, 0.25) is 0 Å². The number of hydrogen-bond donors (Lipinski definition) is 0. The number of halogens is 1. The van der Waals surface area contributed by atoms with Crippen LogP contribution >= 0.6 is 34.3 Å². The first-order valence-corrected chi connectivity index (χ1v) is 8.27. The van der Waals surface area contributed by atoms with Crippen molar-refractivity contribution in [2.75, 3.05) is 0 Å². The molecule has 3 rings (SSSR count). The van der Waals surface area contributed by atoms with E-state index < -0.39 is 0 Å². The van der Waals surface area contributed by atoms with Crippen molar-refractivity contribution in [3.05, 3.63) is 62.1 Å². The lowest BCUT2D eigenvalue weighted by Crippen LogP contribution is -1.82. The molecule has 2 nitrogen and oxygen atoms in total. The van der Waals surface area contributed by atoms with Gasteiger partial charge < -0.3 is 0 Å². The van der Waals surface area contributed by atoms with E-state index in [9.17, 15) is 5.26 Å². The molecular weight excluding hydrogens is 320 g/mol. The highest BCUT2D eigenvalue weighted by Gasteiger charge is 2.09. The van der Waals surface area contributed by atoms with E-state index >= 15 is 0 Å². The number of thiazole rings is 1. The molecule has 102 valence electrons. The lowest BCUT2D eigenvalue weighted by molar-refractivity contribution is 1.37. The van der Waals surface area contributed by atoms with Crippen LogP contribution < -0.4 is 0 Å². The molecule has 2 aromatic heterocycles. The van der Waals surface area contributed by atoms with Gasteiger partial charge in [0.25, 0.3) is 0 Å². The van der Waals surface area contributed by atoms with E-state index in [2.05, 4.69) is 11.1 Å². The van der Waals surface area contributed by atoms with Crippen LogP contribution in [0.5, 0.6) is 0 Å². The molecule has 0 aliphatic heterocycles. The predicted molar refractivity (Wildman–Crippen MR) is 90.4 cm³/mol. The van der Waals surface area contributed by atoms with Gasteiger partial charge in [-0.15, -0.1) is 22.7 Å². The standard InChI is InChI=1S/C16H9ClN2S2/c17-13-5-3-11(4-6-13)15-10-21-16(19-15)12(9-18)8-14-2-1-7-20-14/h1-8,10H/b12-8+. The van der Waals surface area contributed by atoms with Crippen molar-refractivity contribution in [2.24, 2.45) is 0 Å². The van der Waals surface area contributed by atoms with Gasteiger partial charge in [-0.1, -0.05) is 29.8 Å². The second kappa shape index (κ2) is 6.23. The number of rotatable bonds is 3. The van der Waals surface area contributed by atoms with Crippen molar-refractivity contribution in [1.82, 2.24) is 4.98 Å². The summed E-state index contributed by atoms with van der Waals surface area (Å²) in [6.45, 7) is 0. The predicted octanol–water partition coefficient (Wildman–Crippen LogP) is 5.59. The number of nitrogens with zero attached hydrogens (tertiary/aromatic N) is 2. The Kier molecular flexibility index (Phi) is 4.16. The molecule has 0 saturated heterocycles. The summed E-state index contributed by atoms with van der Waals surface area (Å²) in [6.07, 6.45) is 1.87. The minimum Gasteiger partial charge on any atom is -0.235 e. The van der Waals surface area contributed by atoms with E-state index in [1.165, 1.54) is 11.3 Å². The normalized spacial score (nSPS) is 11.3. The van der Waals surface area contributed by atoms with E-state index in [0.29, 0.717) is 10.6 Å². The average molecular weight is 329 g/mol. The molecule has 1 aromatic carbocycles. The molecule has 0 spiro atoms. The quantitative estimate of drug-likeness (QED) is 0.588. The van der Waals surface area contributed by atoms with Crippen LogP contribution in [0.1, 0.15) is 9.88 Å². The molecule has 0 saturated carbocycles. The van der Waals surface area contributed by atoms with Crippen LogP contribution in [-0.4, -0.2) is 4.98 Å². The third-order valence-corrected chi connectivity index (χ3v) is 4.77. The number of thiophene rings is 1. The molecule has 0 amide bonds. The second-order valence-electron chi connectivity index (χ2n) is 4.23. The maximum Gasteiger partial charge on any atom is 0.134 e. The smallest absolute Gasteiger partial charge is 0.134 e. The fourth-order valence-corrected chi connectivity index (χ4v) is 3.39. The third-order valence-electron chi connectivity index (χ3n) is 2.82. The maximum absolute atomic E-state index is 9.33. The first-order chi connectivity index (χ1) is 10.3. The molecule has 0 unspecified atom stereocenters. The minimum atomic E-state index is 0.586. The van der Waals surface area contributed by atoms with Crippen LogP contribution in [0.15, 0.2) is 47.2 Å². The van der Waals surface area contributed by atoms with Gasteiger partial charge in [-0.3, -0.25) is 0 Å². The Labute approximate surface area is 135 Å². The van der Waals surface area contributed by atoms with E-state index in [1.807, 2.05) is 53.2 Å². The molecule has 0 aliphatic rings. The monoisotopic (exact) mass is 328 g/mol. The van der Waals surface area contributed by atoms with Gasteiger partial charge in [-0.25, -0.2) is 4.98 Å². The Hall–Kier alpha value is -1.93. The topological polar surface area (TPSA) is 36.7 Å². The Morgan fingerprint density at radius 3 is 2.67 bits per heavy atom. The lowest BCUT2D eigenvalue weighted by Gasteiger charge is -1.96. The van der Waals surface area contributed by atoms with Gasteiger partial charge >= 0.3 is 0 Å². The largest absolute Gasteiger partial charge is 0.235 e. The third kappa shape index (κ3) is 3.22. The zero-order chi connectivity index (χ0) is 14.7. The zero-order valence-corrected chi connectivity index (χ0v) is 13.2. The summed E-state index contributed by atoms with van der Waals surface area (Å²) < 4.78 is 0. The van der Waals surface area contributed by atoms with Crippen LogP contribution in [0.4, 0.5) is 0 Å². The van der Waals surface area contributed by atoms with E-state index in [4.69, 9.17) is 11.6 Å². The number of benzene rings is 1. The molecule has 0 bridgehead atoms. The fourth-order valence-electron chi connectivity index (χ4n) is 1.81. The Morgan fingerprint density at radius 1 is 1.19 bits per heavy atom. The molecule has 0 fully saturated rings. The molecule has 0 aliphatic carbocycles. The van der Waals surface area contributed by atoms with Crippen molar-refractivity contribution in [3.63, 3.8) is 0 Å². The van der Waals surface area contributed by atoms with Crippen LogP contribution in [0, 0.1) is 11.3 Å². The Bertz CT molecular complexity index is 809. The first-order valence-electron chi connectivity index (χ1n) is 6.13. The Balaban J connectivity index is 1.94.